The summed E-state index contributed by atoms with van der Waals surface area (Å²) in [5.74, 6) is 2.55. The first-order chi connectivity index (χ1) is 12.0. The molecule has 0 saturated heterocycles. The summed E-state index contributed by atoms with van der Waals surface area (Å²) in [5, 5.41) is 3.06. The average Bonchev–Trinajstić information content (AvgIpc) is 2.89. The van der Waals surface area contributed by atoms with Crippen molar-refractivity contribution in [1.82, 2.24) is 4.98 Å². The number of pyridine rings is 1. The van der Waals surface area contributed by atoms with Crippen molar-refractivity contribution in [3.8, 4) is 5.75 Å². The van der Waals surface area contributed by atoms with Gasteiger partial charge in [-0.1, -0.05) is 32.9 Å². The van der Waals surface area contributed by atoms with Crippen LogP contribution < -0.4 is 10.1 Å². The minimum atomic E-state index is 0.0879. The van der Waals surface area contributed by atoms with Crippen LogP contribution in [0.4, 0.5) is 5.69 Å². The molecular formula is C21H26N2O2. The normalized spacial score (nSPS) is 25.6. The van der Waals surface area contributed by atoms with E-state index in [-0.39, 0.29) is 11.8 Å². The van der Waals surface area contributed by atoms with Gasteiger partial charge in [0.05, 0.1) is 0 Å². The van der Waals surface area contributed by atoms with Crippen LogP contribution in [-0.4, -0.2) is 10.9 Å². The molecule has 132 valence electrons. The van der Waals surface area contributed by atoms with E-state index in [0.29, 0.717) is 24.4 Å². The lowest BCUT2D eigenvalue weighted by atomic mass is 9.90. The minimum absolute atomic E-state index is 0.0879. The Morgan fingerprint density at radius 1 is 1.20 bits per heavy atom. The van der Waals surface area contributed by atoms with E-state index in [0.717, 1.165) is 23.4 Å². The molecule has 0 bridgehead atoms. The smallest absolute Gasteiger partial charge is 0.227 e. The molecule has 25 heavy (non-hydrogen) atoms. The number of anilines is 1. The maximum Gasteiger partial charge on any atom is 0.227 e. The quantitative estimate of drug-likeness (QED) is 0.871. The van der Waals surface area contributed by atoms with Crippen molar-refractivity contribution in [1.29, 1.82) is 0 Å². The molecule has 0 aliphatic heterocycles. The van der Waals surface area contributed by atoms with Gasteiger partial charge in [0.25, 0.3) is 0 Å². The molecule has 4 nitrogen and oxygen atoms in total. The van der Waals surface area contributed by atoms with Crippen molar-refractivity contribution in [3.05, 3.63) is 54.4 Å². The Balaban J connectivity index is 1.61. The highest BCUT2D eigenvalue weighted by Crippen LogP contribution is 2.41. The van der Waals surface area contributed by atoms with Crippen LogP contribution in [-0.2, 0) is 11.4 Å². The molecule has 1 N–H and O–H groups in total. The number of nitrogens with one attached hydrogen (secondary N) is 1. The van der Waals surface area contributed by atoms with Gasteiger partial charge in [0.15, 0.2) is 0 Å². The molecule has 1 saturated carbocycles. The van der Waals surface area contributed by atoms with Crippen LogP contribution in [0.15, 0.2) is 48.8 Å². The summed E-state index contributed by atoms with van der Waals surface area (Å²) in [6, 6.07) is 11.4. The third kappa shape index (κ3) is 4.19. The van der Waals surface area contributed by atoms with Crippen molar-refractivity contribution in [2.75, 3.05) is 5.32 Å². The summed E-state index contributed by atoms with van der Waals surface area (Å²) in [6.07, 6.45) is 4.49. The van der Waals surface area contributed by atoms with Gasteiger partial charge in [0.2, 0.25) is 5.91 Å². The van der Waals surface area contributed by atoms with Crippen molar-refractivity contribution >= 4 is 11.6 Å². The van der Waals surface area contributed by atoms with E-state index in [1.54, 1.807) is 12.4 Å². The van der Waals surface area contributed by atoms with E-state index in [1.807, 2.05) is 36.4 Å². The molecule has 1 fully saturated rings. The van der Waals surface area contributed by atoms with Gasteiger partial charge in [-0.2, -0.15) is 0 Å². The van der Waals surface area contributed by atoms with E-state index in [2.05, 4.69) is 31.1 Å². The van der Waals surface area contributed by atoms with Gasteiger partial charge < -0.3 is 10.1 Å². The lowest BCUT2D eigenvalue weighted by molar-refractivity contribution is -0.120. The SMILES string of the molecule is C[C@@H]1[C@H](C)[C@H](C)C[C@@H]1C(=O)Nc1cccc(OCc2cccnc2)c1. The van der Waals surface area contributed by atoms with Gasteiger partial charge in [-0.05, 0) is 42.4 Å². The van der Waals surface area contributed by atoms with Gasteiger partial charge in [0.1, 0.15) is 12.4 Å². The van der Waals surface area contributed by atoms with Crippen LogP contribution in [0.5, 0.6) is 5.75 Å². The predicted molar refractivity (Wildman–Crippen MR) is 99.2 cm³/mol. The number of hydrogen-bond acceptors (Lipinski definition) is 3. The number of hydrogen-bond donors (Lipinski definition) is 1. The largest absolute Gasteiger partial charge is 0.489 e. The van der Waals surface area contributed by atoms with Gasteiger partial charge in [-0.25, -0.2) is 0 Å². The summed E-state index contributed by atoms with van der Waals surface area (Å²) >= 11 is 0. The zero-order chi connectivity index (χ0) is 17.8. The number of rotatable bonds is 5. The molecule has 1 aromatic carbocycles. The Morgan fingerprint density at radius 3 is 2.72 bits per heavy atom. The van der Waals surface area contributed by atoms with E-state index in [4.69, 9.17) is 4.74 Å². The Morgan fingerprint density at radius 2 is 2.04 bits per heavy atom. The molecule has 0 unspecified atom stereocenters. The van der Waals surface area contributed by atoms with Gasteiger partial charge >= 0.3 is 0 Å². The van der Waals surface area contributed by atoms with Crippen LogP contribution in [0, 0.1) is 23.7 Å². The highest BCUT2D eigenvalue weighted by molar-refractivity contribution is 5.93. The third-order valence-corrected chi connectivity index (χ3v) is 5.55. The first-order valence-corrected chi connectivity index (χ1v) is 8.97. The number of amides is 1. The van der Waals surface area contributed by atoms with Gasteiger partial charge in [0, 0.05) is 35.6 Å². The number of benzene rings is 1. The van der Waals surface area contributed by atoms with Crippen molar-refractivity contribution in [3.63, 3.8) is 0 Å². The summed E-state index contributed by atoms with van der Waals surface area (Å²) in [6.45, 7) is 7.13. The van der Waals surface area contributed by atoms with E-state index in [9.17, 15) is 4.79 Å². The zero-order valence-corrected chi connectivity index (χ0v) is 15.1. The summed E-state index contributed by atoms with van der Waals surface area (Å²) in [7, 11) is 0. The third-order valence-electron chi connectivity index (χ3n) is 5.55. The molecule has 2 aromatic rings. The number of aromatic nitrogens is 1. The van der Waals surface area contributed by atoms with E-state index >= 15 is 0 Å². The maximum atomic E-state index is 12.6. The van der Waals surface area contributed by atoms with E-state index in [1.165, 1.54) is 0 Å². The molecule has 4 heteroatoms. The van der Waals surface area contributed by atoms with Crippen LogP contribution in [0.3, 0.4) is 0 Å². The van der Waals surface area contributed by atoms with E-state index < -0.39 is 0 Å². The Hall–Kier alpha value is -2.36. The molecule has 1 aromatic heterocycles. The highest BCUT2D eigenvalue weighted by Gasteiger charge is 2.39. The molecule has 1 aliphatic carbocycles. The molecule has 1 amide bonds. The Bertz CT molecular complexity index is 717. The van der Waals surface area contributed by atoms with Crippen molar-refractivity contribution in [2.24, 2.45) is 23.7 Å². The fraction of sp³-hybridized carbons (Fsp3) is 0.429. The summed E-state index contributed by atoms with van der Waals surface area (Å²) < 4.78 is 5.80. The van der Waals surface area contributed by atoms with Gasteiger partial charge in [-0.3, -0.25) is 9.78 Å². The van der Waals surface area contributed by atoms with Gasteiger partial charge in [-0.15, -0.1) is 0 Å². The Kier molecular flexibility index (Phi) is 5.37. The average molecular weight is 338 g/mol. The lowest BCUT2D eigenvalue weighted by Crippen LogP contribution is -2.25. The highest BCUT2D eigenvalue weighted by atomic mass is 16.5. The van der Waals surface area contributed by atoms with Crippen LogP contribution in [0.2, 0.25) is 0 Å². The summed E-state index contributed by atoms with van der Waals surface area (Å²) in [5.41, 5.74) is 1.80. The molecule has 3 rings (SSSR count). The van der Waals surface area contributed by atoms with Crippen molar-refractivity contribution in [2.45, 2.75) is 33.8 Å². The topological polar surface area (TPSA) is 51.2 Å². The second-order valence-electron chi connectivity index (χ2n) is 7.20. The number of carbonyl (C=O) groups excluding carboxylic acids is 1. The molecule has 0 radical (unpaired) electrons. The number of nitrogens with zero attached hydrogens (tertiary/aromatic N) is 1. The summed E-state index contributed by atoms with van der Waals surface area (Å²) in [4.78, 5) is 16.7. The molecular weight excluding hydrogens is 312 g/mol. The Labute approximate surface area is 149 Å². The molecule has 1 aliphatic rings. The van der Waals surface area contributed by atoms with Crippen molar-refractivity contribution < 1.29 is 9.53 Å². The first kappa shape index (κ1) is 17.5. The number of ether oxygens (including phenoxy) is 1. The standard InChI is InChI=1S/C21H26N2O2/c1-14-10-20(16(3)15(14)2)21(24)23-18-7-4-8-19(11-18)25-13-17-6-5-9-22-12-17/h4-9,11-12,14-16,20H,10,13H2,1-3H3,(H,23,24)/t14-,15-,16-,20+/m1/s1. The zero-order valence-electron chi connectivity index (χ0n) is 15.1. The predicted octanol–water partition coefficient (Wildman–Crippen LogP) is 4.53. The second kappa shape index (κ2) is 7.68. The molecule has 0 spiro atoms. The fourth-order valence-electron chi connectivity index (χ4n) is 3.61. The second-order valence-corrected chi connectivity index (χ2v) is 7.20. The number of carbonyl (C=O) groups is 1. The molecule has 4 atom stereocenters. The monoisotopic (exact) mass is 338 g/mol. The fourth-order valence-corrected chi connectivity index (χ4v) is 3.61. The van der Waals surface area contributed by atoms with Crippen LogP contribution >= 0.6 is 0 Å². The van der Waals surface area contributed by atoms with Crippen LogP contribution in [0.1, 0.15) is 32.8 Å². The molecule has 1 heterocycles. The lowest BCUT2D eigenvalue weighted by Gasteiger charge is -2.18. The first-order valence-electron chi connectivity index (χ1n) is 8.97. The maximum absolute atomic E-state index is 12.6. The minimum Gasteiger partial charge on any atom is -0.489 e. The van der Waals surface area contributed by atoms with Crippen LogP contribution in [0.25, 0.3) is 0 Å².